The molecule has 2 atom stereocenters. The Morgan fingerprint density at radius 2 is 1.67 bits per heavy atom. The van der Waals surface area contributed by atoms with E-state index < -0.39 is 18.4 Å². The van der Waals surface area contributed by atoms with Gasteiger partial charge in [0.15, 0.2) is 0 Å². The number of rotatable bonds is 3. The van der Waals surface area contributed by atoms with E-state index in [9.17, 15) is 4.79 Å². The van der Waals surface area contributed by atoms with Crippen molar-refractivity contribution >= 4 is 5.97 Å². The molecule has 6 heteroatoms. The topological polar surface area (TPSA) is 70.0 Å². The molecule has 0 fully saturated rings. The second-order valence-electron chi connectivity index (χ2n) is 2.21. The number of hydrogen-bond acceptors (Lipinski definition) is 5. The molecule has 0 aromatic heterocycles. The molecule has 0 aromatic carbocycles. The van der Waals surface area contributed by atoms with Crippen LogP contribution in [0.25, 0.3) is 0 Å². The van der Waals surface area contributed by atoms with Crippen LogP contribution in [-0.4, -0.2) is 33.7 Å². The second kappa shape index (κ2) is 6.39. The van der Waals surface area contributed by atoms with Crippen LogP contribution in [0.4, 0.5) is 0 Å². The van der Waals surface area contributed by atoms with E-state index in [0.717, 1.165) is 5.06 Å². The molecule has 2 unspecified atom stereocenters. The number of carbonyl (C=O) groups is 1. The Morgan fingerprint density at radius 3 is 1.75 bits per heavy atom. The van der Waals surface area contributed by atoms with Gasteiger partial charge in [0.25, 0.3) is 0 Å². The van der Waals surface area contributed by atoms with Crippen LogP contribution in [0.5, 0.6) is 0 Å². The molecule has 0 aliphatic carbocycles. The minimum Gasteiger partial charge on any atom is -0.375 e. The average Bonchev–Trinajstić information content (AvgIpc) is 1.81. The van der Waals surface area contributed by atoms with E-state index in [0.29, 0.717) is 0 Å². The van der Waals surface area contributed by atoms with Gasteiger partial charge in [-0.25, -0.2) is 0 Å². The molecule has 0 heterocycles. The minimum absolute atomic E-state index is 0. The first-order valence-corrected chi connectivity index (χ1v) is 3.28. The van der Waals surface area contributed by atoms with Crippen molar-refractivity contribution in [2.75, 3.05) is 0 Å². The van der Waals surface area contributed by atoms with Gasteiger partial charge >= 0.3 is 5.97 Å². The van der Waals surface area contributed by atoms with E-state index in [1.165, 1.54) is 20.8 Å². The predicted octanol–water partition coefficient (Wildman–Crippen LogP) is -0.559. The fourth-order valence-electron chi connectivity index (χ4n) is 0.613. The van der Waals surface area contributed by atoms with Crippen molar-refractivity contribution in [3.8, 4) is 0 Å². The summed E-state index contributed by atoms with van der Waals surface area (Å²) in [7, 11) is 0. The van der Waals surface area contributed by atoms with Crippen LogP contribution in [0.2, 0.25) is 0 Å². The Morgan fingerprint density at radius 1 is 1.33 bits per heavy atom. The fourth-order valence-corrected chi connectivity index (χ4v) is 0.613. The van der Waals surface area contributed by atoms with Gasteiger partial charge in [0.05, 0.1) is 0 Å². The largest absolute Gasteiger partial charge is 0.375 e. The molecule has 1 radical (unpaired) electrons. The van der Waals surface area contributed by atoms with Crippen molar-refractivity contribution in [2.24, 2.45) is 0 Å². The van der Waals surface area contributed by atoms with Crippen molar-refractivity contribution in [3.05, 3.63) is 0 Å². The van der Waals surface area contributed by atoms with Gasteiger partial charge in [0.1, 0.15) is 12.5 Å². The van der Waals surface area contributed by atoms with E-state index in [2.05, 4.69) is 4.84 Å². The van der Waals surface area contributed by atoms with Crippen molar-refractivity contribution in [1.82, 2.24) is 5.06 Å². The summed E-state index contributed by atoms with van der Waals surface area (Å²) in [5.74, 6) is -0.577. The summed E-state index contributed by atoms with van der Waals surface area (Å²) in [4.78, 5) is 14.8. The summed E-state index contributed by atoms with van der Waals surface area (Å²) < 4.78 is 0. The smallest absolute Gasteiger partial charge is 0.322 e. The molecule has 0 aliphatic heterocycles. The molecule has 0 saturated heterocycles. The zero-order valence-electron chi connectivity index (χ0n) is 7.11. The van der Waals surface area contributed by atoms with E-state index in [-0.39, 0.29) is 17.1 Å². The van der Waals surface area contributed by atoms with E-state index in [1.54, 1.807) is 0 Å². The van der Waals surface area contributed by atoms with Crippen LogP contribution in [0, 0.1) is 0 Å². The van der Waals surface area contributed by atoms with Gasteiger partial charge in [-0.05, 0) is 13.8 Å². The molecule has 0 spiro atoms. The van der Waals surface area contributed by atoms with Crippen molar-refractivity contribution in [2.45, 2.75) is 33.2 Å². The standard InChI is InChI=1S/C6H13NO4.Cu/c1-4(8)7(5(2)9)11-6(3)10;/h4-5,8-9H,1-3H3;. The Balaban J connectivity index is 0. The van der Waals surface area contributed by atoms with Gasteiger partial charge in [-0.1, -0.05) is 5.06 Å². The van der Waals surface area contributed by atoms with Crippen LogP contribution in [0.1, 0.15) is 20.8 Å². The monoisotopic (exact) mass is 226 g/mol. The molecule has 0 amide bonds. The van der Waals surface area contributed by atoms with Crippen molar-refractivity contribution < 1.29 is 36.9 Å². The Hall–Kier alpha value is -0.131. The van der Waals surface area contributed by atoms with Gasteiger partial charge in [0, 0.05) is 24.0 Å². The van der Waals surface area contributed by atoms with Crippen molar-refractivity contribution in [3.63, 3.8) is 0 Å². The number of hydrogen-bond donors (Lipinski definition) is 2. The van der Waals surface area contributed by atoms with E-state index >= 15 is 0 Å². The average molecular weight is 227 g/mol. The SMILES string of the molecule is CC(=O)ON(C(C)O)C(C)O.[Cu]. The van der Waals surface area contributed by atoms with Gasteiger partial charge in [-0.15, -0.1) is 0 Å². The number of aliphatic hydroxyl groups excluding tert-OH is 2. The summed E-state index contributed by atoms with van der Waals surface area (Å²) in [5.41, 5.74) is 0. The van der Waals surface area contributed by atoms with E-state index in [1.807, 2.05) is 0 Å². The third-order valence-corrected chi connectivity index (χ3v) is 0.971. The minimum atomic E-state index is -1.01. The van der Waals surface area contributed by atoms with Crippen molar-refractivity contribution in [1.29, 1.82) is 0 Å². The predicted molar refractivity (Wildman–Crippen MR) is 37.0 cm³/mol. The molecule has 77 valence electrons. The summed E-state index contributed by atoms with van der Waals surface area (Å²) in [6.07, 6.45) is -2.03. The van der Waals surface area contributed by atoms with Gasteiger partial charge in [0.2, 0.25) is 0 Å². The molecule has 0 rings (SSSR count). The molecule has 0 saturated carbocycles. The van der Waals surface area contributed by atoms with E-state index in [4.69, 9.17) is 10.2 Å². The first-order valence-electron chi connectivity index (χ1n) is 3.28. The zero-order valence-corrected chi connectivity index (χ0v) is 8.06. The maximum Gasteiger partial charge on any atom is 0.322 e. The quantitative estimate of drug-likeness (QED) is 0.384. The third-order valence-electron chi connectivity index (χ3n) is 0.971. The number of carbonyl (C=O) groups excluding carboxylic acids is 1. The van der Waals surface area contributed by atoms with Crippen LogP contribution in [0.3, 0.4) is 0 Å². The first kappa shape index (κ1) is 14.4. The Kier molecular flexibility index (Phi) is 7.67. The Bertz CT molecular complexity index is 132. The Labute approximate surface area is 81.7 Å². The molecule has 0 aromatic rings. The van der Waals surface area contributed by atoms with Crippen LogP contribution in [-0.2, 0) is 26.7 Å². The van der Waals surface area contributed by atoms with Gasteiger partial charge in [-0.3, -0.25) is 4.79 Å². The molecule has 0 bridgehead atoms. The number of nitrogens with zero attached hydrogens (tertiary/aromatic N) is 1. The summed E-state index contributed by atoms with van der Waals surface area (Å²) in [6, 6.07) is 0. The fraction of sp³-hybridized carbons (Fsp3) is 0.833. The third kappa shape index (κ3) is 5.51. The summed E-state index contributed by atoms with van der Waals surface area (Å²) >= 11 is 0. The maximum absolute atomic E-state index is 10.4. The number of aliphatic hydroxyl groups is 2. The normalized spacial score (nSPS) is 14.8. The maximum atomic E-state index is 10.4. The number of hydroxylamine groups is 2. The molecule has 2 N–H and O–H groups in total. The first-order chi connectivity index (χ1) is 4.95. The molecular formula is C6H13CuNO4. The van der Waals surface area contributed by atoms with Crippen LogP contribution >= 0.6 is 0 Å². The summed E-state index contributed by atoms with van der Waals surface area (Å²) in [5, 5.41) is 18.6. The molecule has 12 heavy (non-hydrogen) atoms. The second-order valence-corrected chi connectivity index (χ2v) is 2.21. The van der Waals surface area contributed by atoms with Gasteiger partial charge < -0.3 is 15.1 Å². The van der Waals surface area contributed by atoms with Crippen LogP contribution in [0.15, 0.2) is 0 Å². The zero-order chi connectivity index (χ0) is 9.02. The molecule has 5 nitrogen and oxygen atoms in total. The summed E-state index contributed by atoms with van der Waals surface area (Å²) in [6.45, 7) is 3.96. The molecule has 0 aliphatic rings. The van der Waals surface area contributed by atoms with Crippen LogP contribution < -0.4 is 0 Å². The molecular weight excluding hydrogens is 214 g/mol. The van der Waals surface area contributed by atoms with Gasteiger partial charge in [-0.2, -0.15) is 0 Å².